The molecule has 2 aliphatic heterocycles. The fraction of sp³-hybridized carbons (Fsp3) is 0.357. The van der Waals surface area contributed by atoms with E-state index < -0.39 is 35.8 Å². The number of nitrogen functional groups attached to an aromatic ring is 1. The van der Waals surface area contributed by atoms with Gasteiger partial charge in [0.15, 0.2) is 10.8 Å². The Morgan fingerprint density at radius 3 is 2.85 bits per heavy atom. The molecule has 1 aromatic heterocycles. The van der Waals surface area contributed by atoms with Gasteiger partial charge in [-0.05, 0) is 5.57 Å². The largest absolute Gasteiger partial charge is 0.477 e. The van der Waals surface area contributed by atoms with Crippen molar-refractivity contribution in [3.8, 4) is 0 Å². The third kappa shape index (κ3) is 3.36. The summed E-state index contributed by atoms with van der Waals surface area (Å²) in [6.07, 6.45) is 0. The lowest BCUT2D eigenvalue weighted by Crippen LogP contribution is -2.71. The number of carboxylic acids is 1. The Morgan fingerprint density at radius 1 is 1.56 bits per heavy atom. The van der Waals surface area contributed by atoms with Gasteiger partial charge in [-0.2, -0.15) is 0 Å². The van der Waals surface area contributed by atoms with E-state index in [9.17, 15) is 24.6 Å². The predicted octanol–water partition coefficient (Wildman–Crippen LogP) is -1.19. The number of thioether (sulfide) groups is 1. The van der Waals surface area contributed by atoms with Gasteiger partial charge in [0.1, 0.15) is 29.9 Å². The molecular weight excluding hydrogens is 398 g/mol. The molecule has 0 aliphatic carbocycles. The van der Waals surface area contributed by atoms with E-state index in [1.54, 1.807) is 0 Å². The Balaban J connectivity index is 1.79. The van der Waals surface area contributed by atoms with E-state index >= 15 is 0 Å². The van der Waals surface area contributed by atoms with Crippen molar-refractivity contribution in [1.29, 1.82) is 0 Å². The first-order chi connectivity index (χ1) is 12.9. The van der Waals surface area contributed by atoms with Gasteiger partial charge in [-0.3, -0.25) is 14.5 Å². The van der Waals surface area contributed by atoms with Crippen LogP contribution >= 0.6 is 23.1 Å². The third-order valence-corrected chi connectivity index (χ3v) is 5.90. The number of thiazole rings is 1. The molecule has 0 radical (unpaired) electrons. The number of carbonyl (C=O) groups excluding carboxylic acids is 2. The normalized spacial score (nSPS) is 22.2. The maximum Gasteiger partial charge on any atom is 0.352 e. The van der Waals surface area contributed by atoms with Gasteiger partial charge in [-0.1, -0.05) is 5.16 Å². The van der Waals surface area contributed by atoms with Crippen LogP contribution in [-0.4, -0.2) is 74.5 Å². The summed E-state index contributed by atoms with van der Waals surface area (Å²) in [5.74, 6) is -2.35. The lowest BCUT2D eigenvalue weighted by atomic mass is 10.0. The zero-order chi connectivity index (χ0) is 19.7. The van der Waals surface area contributed by atoms with Crippen LogP contribution in [0.1, 0.15) is 5.69 Å². The van der Waals surface area contributed by atoms with Crippen molar-refractivity contribution in [3.05, 3.63) is 22.3 Å². The fourth-order valence-electron chi connectivity index (χ4n) is 2.71. The maximum atomic E-state index is 12.6. The number of rotatable bonds is 6. The number of aliphatic hydroxyl groups is 1. The lowest BCUT2D eigenvalue weighted by molar-refractivity contribution is -0.150. The van der Waals surface area contributed by atoms with Gasteiger partial charge in [0.25, 0.3) is 11.8 Å². The number of carboxylic acid groups (broad SMARTS) is 1. The van der Waals surface area contributed by atoms with E-state index in [0.29, 0.717) is 0 Å². The summed E-state index contributed by atoms with van der Waals surface area (Å²) in [7, 11) is 1.26. The molecular formula is C14H15N5O6S2. The molecule has 1 aromatic rings. The van der Waals surface area contributed by atoms with Gasteiger partial charge in [-0.15, -0.1) is 23.1 Å². The van der Waals surface area contributed by atoms with Gasteiger partial charge >= 0.3 is 5.97 Å². The molecule has 2 unspecified atom stereocenters. The van der Waals surface area contributed by atoms with Crippen molar-refractivity contribution in [2.45, 2.75) is 11.4 Å². The van der Waals surface area contributed by atoms with Gasteiger partial charge < -0.3 is 26.1 Å². The number of aliphatic carboxylic acids is 1. The molecule has 13 heteroatoms. The van der Waals surface area contributed by atoms with Crippen LogP contribution in [0.25, 0.3) is 0 Å². The Kier molecular flexibility index (Phi) is 5.34. The van der Waals surface area contributed by atoms with Crippen molar-refractivity contribution < 1.29 is 29.4 Å². The molecule has 0 bridgehead atoms. The van der Waals surface area contributed by atoms with Crippen molar-refractivity contribution in [2.75, 3.05) is 25.2 Å². The number of nitrogens with one attached hydrogen (secondary N) is 1. The summed E-state index contributed by atoms with van der Waals surface area (Å²) in [6, 6.07) is -0.935. The Labute approximate surface area is 160 Å². The Morgan fingerprint density at radius 2 is 2.30 bits per heavy atom. The average molecular weight is 413 g/mol. The van der Waals surface area contributed by atoms with E-state index in [1.807, 2.05) is 0 Å². The highest BCUT2D eigenvalue weighted by atomic mass is 32.2. The number of β-lactam (4-membered cyclic amide) rings is 1. The predicted molar refractivity (Wildman–Crippen MR) is 96.8 cm³/mol. The monoisotopic (exact) mass is 413 g/mol. The van der Waals surface area contributed by atoms with Gasteiger partial charge in [-0.25, -0.2) is 9.78 Å². The molecule has 5 N–H and O–H groups in total. The van der Waals surface area contributed by atoms with E-state index in [0.717, 1.165) is 16.2 Å². The van der Waals surface area contributed by atoms with Crippen LogP contribution in [0.4, 0.5) is 5.13 Å². The highest BCUT2D eigenvalue weighted by Gasteiger charge is 2.54. The highest BCUT2D eigenvalue weighted by Crippen LogP contribution is 2.40. The smallest absolute Gasteiger partial charge is 0.352 e. The first-order valence-electron chi connectivity index (χ1n) is 7.53. The number of anilines is 1. The summed E-state index contributed by atoms with van der Waals surface area (Å²) >= 11 is 2.37. The SMILES string of the molecule is CON=C(C(=O)NC1C(=O)N2C(C(=O)O)=C(CO)CSC12)c1csc(N)n1. The van der Waals surface area contributed by atoms with E-state index in [4.69, 9.17) is 5.73 Å². The second-order valence-electron chi connectivity index (χ2n) is 5.47. The van der Waals surface area contributed by atoms with Crippen LogP contribution in [0.2, 0.25) is 0 Å². The zero-order valence-electron chi connectivity index (χ0n) is 13.9. The molecule has 0 saturated carbocycles. The Hall–Kier alpha value is -2.64. The molecule has 1 saturated heterocycles. The minimum Gasteiger partial charge on any atom is -0.477 e. The molecule has 2 aliphatic rings. The van der Waals surface area contributed by atoms with Gasteiger partial charge in [0.2, 0.25) is 0 Å². The summed E-state index contributed by atoms with van der Waals surface area (Å²) in [6.45, 7) is -0.460. The number of carbonyl (C=O) groups is 3. The van der Waals surface area contributed by atoms with Crippen molar-refractivity contribution in [2.24, 2.45) is 5.16 Å². The van der Waals surface area contributed by atoms with Crippen LogP contribution in [0, 0.1) is 0 Å². The summed E-state index contributed by atoms with van der Waals surface area (Å²) in [4.78, 5) is 46.2. The molecule has 0 spiro atoms. The summed E-state index contributed by atoms with van der Waals surface area (Å²) in [5.41, 5.74) is 5.62. The molecule has 144 valence electrons. The molecule has 11 nitrogen and oxygen atoms in total. The standard InChI is InChI=1S/C14H15N5O6S2/c1-25-18-7(6-4-27-14(15)16-6)10(21)17-8-11(22)19-9(13(23)24)5(2-20)3-26-12(8)19/h4,8,12,20H,2-3H2,1H3,(H2,15,16)(H,17,21)(H,23,24). The number of hydrogen-bond donors (Lipinski definition) is 4. The number of nitrogens with zero attached hydrogens (tertiary/aromatic N) is 3. The number of oxime groups is 1. The zero-order valence-corrected chi connectivity index (χ0v) is 15.5. The molecule has 27 heavy (non-hydrogen) atoms. The first-order valence-corrected chi connectivity index (χ1v) is 9.46. The third-order valence-electron chi connectivity index (χ3n) is 3.89. The highest BCUT2D eigenvalue weighted by molar-refractivity contribution is 8.00. The summed E-state index contributed by atoms with van der Waals surface area (Å²) < 4.78 is 0. The topological polar surface area (TPSA) is 167 Å². The first kappa shape index (κ1) is 19.1. The number of hydrogen-bond acceptors (Lipinski definition) is 10. The molecule has 2 amide bonds. The quantitative estimate of drug-likeness (QED) is 0.254. The Bertz CT molecular complexity index is 866. The van der Waals surface area contributed by atoms with Crippen LogP contribution in [0.15, 0.2) is 21.8 Å². The fourth-order valence-corrected chi connectivity index (χ4v) is 4.59. The van der Waals surface area contributed by atoms with E-state index in [2.05, 4.69) is 20.3 Å². The number of aromatic nitrogens is 1. The second-order valence-corrected chi connectivity index (χ2v) is 7.46. The van der Waals surface area contributed by atoms with Crippen molar-refractivity contribution >= 4 is 51.7 Å². The van der Waals surface area contributed by atoms with Crippen molar-refractivity contribution in [3.63, 3.8) is 0 Å². The molecule has 2 atom stereocenters. The van der Waals surface area contributed by atoms with Crippen LogP contribution in [-0.2, 0) is 19.2 Å². The van der Waals surface area contributed by atoms with Crippen molar-refractivity contribution in [1.82, 2.24) is 15.2 Å². The number of aliphatic hydroxyl groups excluding tert-OH is 1. The molecule has 3 heterocycles. The molecule has 0 aromatic carbocycles. The van der Waals surface area contributed by atoms with Crippen LogP contribution in [0.5, 0.6) is 0 Å². The second kappa shape index (κ2) is 7.54. The average Bonchev–Trinajstić information content (AvgIpc) is 3.08. The minimum atomic E-state index is -1.30. The van der Waals surface area contributed by atoms with E-state index in [1.165, 1.54) is 24.3 Å². The number of amides is 2. The molecule has 1 fully saturated rings. The number of fused-ring (bicyclic) bond motifs is 1. The van der Waals surface area contributed by atoms with Crippen LogP contribution in [0.3, 0.4) is 0 Å². The van der Waals surface area contributed by atoms with Gasteiger partial charge in [0.05, 0.1) is 6.61 Å². The summed E-state index contributed by atoms with van der Waals surface area (Å²) in [5, 5.41) is 26.0. The molecule has 3 rings (SSSR count). The maximum absolute atomic E-state index is 12.6. The van der Waals surface area contributed by atoms with Gasteiger partial charge in [0, 0.05) is 11.1 Å². The van der Waals surface area contributed by atoms with Crippen LogP contribution < -0.4 is 11.1 Å². The lowest BCUT2D eigenvalue weighted by Gasteiger charge is -2.49. The van der Waals surface area contributed by atoms with E-state index in [-0.39, 0.29) is 33.6 Å². The minimum absolute atomic E-state index is 0.150. The number of nitrogens with two attached hydrogens (primary N) is 1.